The lowest BCUT2D eigenvalue weighted by molar-refractivity contribution is -0.205. The smallest absolute Gasteiger partial charge is 0.337 e. The van der Waals surface area contributed by atoms with Crippen molar-refractivity contribution in [3.8, 4) is 0 Å². The third kappa shape index (κ3) is 1.56. The van der Waals surface area contributed by atoms with E-state index in [1.807, 2.05) is 0 Å². The zero-order valence-corrected chi connectivity index (χ0v) is 6.47. The van der Waals surface area contributed by atoms with Gasteiger partial charge >= 0.3 is 5.97 Å². The first kappa shape index (κ1) is 9.40. The van der Waals surface area contributed by atoms with Crippen LogP contribution in [0.4, 0.5) is 0 Å². The molecule has 70 valence electrons. The van der Waals surface area contributed by atoms with Crippen LogP contribution in [0.5, 0.6) is 0 Å². The van der Waals surface area contributed by atoms with Crippen LogP contribution in [0.2, 0.25) is 0 Å². The van der Waals surface area contributed by atoms with Crippen molar-refractivity contribution >= 4 is 5.97 Å². The standard InChI is InChI=1S/C6H11NO5/c1-2-3(8)4(9)5(6(10)11)12-7-2/h2-5,7-9H,1H3,(H,10,11). The van der Waals surface area contributed by atoms with E-state index < -0.39 is 30.3 Å². The highest BCUT2D eigenvalue weighted by atomic mass is 16.7. The quantitative estimate of drug-likeness (QED) is 0.373. The molecular formula is C6H11NO5. The van der Waals surface area contributed by atoms with Gasteiger partial charge in [0.05, 0.1) is 6.04 Å². The van der Waals surface area contributed by atoms with Crippen molar-refractivity contribution in [2.24, 2.45) is 0 Å². The Balaban J connectivity index is 2.65. The summed E-state index contributed by atoms with van der Waals surface area (Å²) in [5.74, 6) is -1.30. The zero-order valence-electron chi connectivity index (χ0n) is 6.47. The monoisotopic (exact) mass is 177 g/mol. The van der Waals surface area contributed by atoms with E-state index >= 15 is 0 Å². The van der Waals surface area contributed by atoms with Crippen molar-refractivity contribution < 1.29 is 25.0 Å². The van der Waals surface area contributed by atoms with Crippen LogP contribution in [0.25, 0.3) is 0 Å². The first-order chi connectivity index (χ1) is 5.54. The SMILES string of the molecule is CC1NOC(C(=O)O)C(O)C1O. The van der Waals surface area contributed by atoms with Gasteiger partial charge in [0.1, 0.15) is 12.2 Å². The molecule has 4 unspecified atom stereocenters. The highest BCUT2D eigenvalue weighted by Crippen LogP contribution is 2.12. The minimum Gasteiger partial charge on any atom is -0.479 e. The molecule has 0 radical (unpaired) electrons. The average molecular weight is 177 g/mol. The van der Waals surface area contributed by atoms with Crippen molar-refractivity contribution in [3.05, 3.63) is 0 Å². The summed E-state index contributed by atoms with van der Waals surface area (Å²) < 4.78 is 0. The van der Waals surface area contributed by atoms with Gasteiger partial charge in [0, 0.05) is 0 Å². The molecule has 1 aliphatic heterocycles. The van der Waals surface area contributed by atoms with E-state index in [2.05, 4.69) is 10.3 Å². The first-order valence-corrected chi connectivity index (χ1v) is 3.54. The molecular weight excluding hydrogens is 166 g/mol. The first-order valence-electron chi connectivity index (χ1n) is 3.54. The van der Waals surface area contributed by atoms with Gasteiger partial charge in [-0.05, 0) is 6.92 Å². The fourth-order valence-electron chi connectivity index (χ4n) is 0.991. The fraction of sp³-hybridized carbons (Fsp3) is 0.833. The summed E-state index contributed by atoms with van der Waals surface area (Å²) in [7, 11) is 0. The van der Waals surface area contributed by atoms with Crippen molar-refractivity contribution in [2.75, 3.05) is 0 Å². The Morgan fingerprint density at radius 1 is 1.42 bits per heavy atom. The highest BCUT2D eigenvalue weighted by Gasteiger charge is 2.40. The zero-order chi connectivity index (χ0) is 9.30. The number of aliphatic carboxylic acids is 1. The number of hydrogen-bond acceptors (Lipinski definition) is 5. The number of carboxylic acid groups (broad SMARTS) is 1. The van der Waals surface area contributed by atoms with E-state index in [-0.39, 0.29) is 0 Å². The van der Waals surface area contributed by atoms with Gasteiger partial charge < -0.3 is 15.3 Å². The molecule has 12 heavy (non-hydrogen) atoms. The summed E-state index contributed by atoms with van der Waals surface area (Å²) in [4.78, 5) is 15.0. The molecule has 6 heteroatoms. The van der Waals surface area contributed by atoms with Crippen LogP contribution in [0.1, 0.15) is 6.92 Å². The van der Waals surface area contributed by atoms with Gasteiger partial charge in [0.25, 0.3) is 0 Å². The maximum atomic E-state index is 10.4. The number of carbonyl (C=O) groups is 1. The molecule has 0 amide bonds. The molecule has 1 saturated heterocycles. The number of hydroxylamine groups is 1. The Hall–Kier alpha value is -0.690. The van der Waals surface area contributed by atoms with E-state index in [1.54, 1.807) is 6.92 Å². The molecule has 0 saturated carbocycles. The van der Waals surface area contributed by atoms with Gasteiger partial charge in [-0.15, -0.1) is 0 Å². The molecule has 6 nitrogen and oxygen atoms in total. The van der Waals surface area contributed by atoms with Crippen LogP contribution in [0.15, 0.2) is 0 Å². The van der Waals surface area contributed by atoms with Crippen molar-refractivity contribution in [2.45, 2.75) is 31.3 Å². The molecule has 0 spiro atoms. The minimum absolute atomic E-state index is 0.476. The van der Waals surface area contributed by atoms with Gasteiger partial charge in [-0.1, -0.05) is 0 Å². The highest BCUT2D eigenvalue weighted by molar-refractivity contribution is 5.73. The lowest BCUT2D eigenvalue weighted by atomic mass is 10.0. The maximum absolute atomic E-state index is 10.4. The molecule has 0 aromatic heterocycles. The van der Waals surface area contributed by atoms with E-state index in [4.69, 9.17) is 5.11 Å². The van der Waals surface area contributed by atoms with Gasteiger partial charge in [-0.25, -0.2) is 4.79 Å². The van der Waals surface area contributed by atoms with Crippen LogP contribution in [0.3, 0.4) is 0 Å². The van der Waals surface area contributed by atoms with E-state index in [1.165, 1.54) is 0 Å². The summed E-state index contributed by atoms with van der Waals surface area (Å²) in [6.07, 6.45) is -3.92. The van der Waals surface area contributed by atoms with E-state index in [0.29, 0.717) is 0 Å². The van der Waals surface area contributed by atoms with E-state index in [9.17, 15) is 15.0 Å². The van der Waals surface area contributed by atoms with Gasteiger partial charge in [0.2, 0.25) is 6.10 Å². The predicted molar refractivity (Wildman–Crippen MR) is 37.1 cm³/mol. The topological polar surface area (TPSA) is 99.0 Å². The molecule has 4 atom stereocenters. The number of aliphatic hydroxyl groups excluding tert-OH is 2. The second-order valence-corrected chi connectivity index (χ2v) is 2.76. The van der Waals surface area contributed by atoms with Crippen LogP contribution >= 0.6 is 0 Å². The van der Waals surface area contributed by atoms with Crippen LogP contribution in [-0.4, -0.2) is 45.6 Å². The van der Waals surface area contributed by atoms with Crippen LogP contribution in [-0.2, 0) is 9.63 Å². The maximum Gasteiger partial charge on any atom is 0.337 e. The summed E-state index contributed by atoms with van der Waals surface area (Å²) in [6, 6.07) is -0.476. The third-order valence-electron chi connectivity index (χ3n) is 1.80. The van der Waals surface area contributed by atoms with Crippen molar-refractivity contribution in [1.82, 2.24) is 5.48 Å². The molecule has 1 rings (SSSR count). The molecule has 0 bridgehead atoms. The van der Waals surface area contributed by atoms with Crippen molar-refractivity contribution in [3.63, 3.8) is 0 Å². The Bertz CT molecular complexity index is 185. The molecule has 0 aromatic carbocycles. The molecule has 4 N–H and O–H groups in total. The molecule has 1 fully saturated rings. The minimum atomic E-state index is -1.41. The normalized spacial score (nSPS) is 42.6. The van der Waals surface area contributed by atoms with Crippen LogP contribution < -0.4 is 5.48 Å². The third-order valence-corrected chi connectivity index (χ3v) is 1.80. The summed E-state index contributed by atoms with van der Waals surface area (Å²) in [5, 5.41) is 26.9. The molecule has 0 aliphatic carbocycles. The average Bonchev–Trinajstić information content (AvgIpc) is 2.00. The summed E-state index contributed by atoms with van der Waals surface area (Å²) in [5.41, 5.74) is 2.30. The number of aliphatic hydroxyl groups is 2. The number of rotatable bonds is 1. The van der Waals surface area contributed by atoms with Gasteiger partial charge in [-0.2, -0.15) is 5.48 Å². The lowest BCUT2D eigenvalue weighted by Crippen LogP contribution is -2.59. The van der Waals surface area contributed by atoms with Crippen molar-refractivity contribution in [1.29, 1.82) is 0 Å². The van der Waals surface area contributed by atoms with E-state index in [0.717, 1.165) is 0 Å². The Morgan fingerprint density at radius 2 is 2.00 bits per heavy atom. The Labute approximate surface area is 68.7 Å². The molecule has 1 heterocycles. The second kappa shape index (κ2) is 3.36. The second-order valence-electron chi connectivity index (χ2n) is 2.76. The molecule has 0 aromatic rings. The fourth-order valence-corrected chi connectivity index (χ4v) is 0.991. The van der Waals surface area contributed by atoms with Gasteiger partial charge in [0.15, 0.2) is 0 Å². The Morgan fingerprint density at radius 3 is 2.50 bits per heavy atom. The lowest BCUT2D eigenvalue weighted by Gasteiger charge is -2.33. The molecule has 1 aliphatic rings. The largest absolute Gasteiger partial charge is 0.479 e. The number of nitrogens with one attached hydrogen (secondary N) is 1. The Kier molecular flexibility index (Phi) is 2.63. The number of carboxylic acids is 1. The predicted octanol–water partition coefficient (Wildman–Crippen LogP) is -1.92. The number of hydrogen-bond donors (Lipinski definition) is 4. The summed E-state index contributed by atoms with van der Waals surface area (Å²) >= 11 is 0. The summed E-state index contributed by atoms with van der Waals surface area (Å²) in [6.45, 7) is 1.58. The van der Waals surface area contributed by atoms with Crippen LogP contribution in [0, 0.1) is 0 Å². The van der Waals surface area contributed by atoms with Gasteiger partial charge in [-0.3, -0.25) is 4.84 Å².